The Morgan fingerprint density at radius 1 is 1.42 bits per heavy atom. The minimum Gasteiger partial charge on any atom is -0.368 e. The Kier molecular flexibility index (Phi) is 4.18. The molecule has 3 atom stereocenters. The lowest BCUT2D eigenvalue weighted by Gasteiger charge is -2.32. The van der Waals surface area contributed by atoms with Crippen molar-refractivity contribution in [1.29, 1.82) is 0 Å². The van der Waals surface area contributed by atoms with E-state index in [1.807, 2.05) is 6.92 Å². The highest BCUT2D eigenvalue weighted by Crippen LogP contribution is 2.25. The van der Waals surface area contributed by atoms with Gasteiger partial charge in [-0.05, 0) is 39.8 Å². The van der Waals surface area contributed by atoms with Crippen LogP contribution >= 0.6 is 0 Å². The minimum absolute atomic E-state index is 0.236. The van der Waals surface area contributed by atoms with Crippen molar-refractivity contribution in [2.24, 2.45) is 11.7 Å². The van der Waals surface area contributed by atoms with Crippen molar-refractivity contribution in [2.45, 2.75) is 44.3 Å². The quantitative estimate of drug-likeness (QED) is 0.704. The van der Waals surface area contributed by atoms with E-state index in [2.05, 4.69) is 36.1 Å². The number of nitrogens with two attached hydrogens (primary N) is 1. The normalized spacial score (nSPS) is 31.6. The fourth-order valence-electron chi connectivity index (χ4n) is 3.17. The number of nitrogens with zero attached hydrogens (tertiary/aromatic N) is 2. The maximum absolute atomic E-state index is 11.8. The molecule has 1 amide bonds. The first kappa shape index (κ1) is 14.8. The SMILES string of the molecule is CC1CN(CC(C)(NC2CC2)C(N)=O)CC1N(C)C. The average molecular weight is 268 g/mol. The number of hydrogen-bond donors (Lipinski definition) is 2. The van der Waals surface area contributed by atoms with Crippen molar-refractivity contribution < 1.29 is 4.79 Å². The molecule has 0 aromatic heterocycles. The van der Waals surface area contributed by atoms with E-state index in [9.17, 15) is 4.79 Å². The van der Waals surface area contributed by atoms with E-state index in [0.29, 0.717) is 24.5 Å². The summed E-state index contributed by atoms with van der Waals surface area (Å²) in [6, 6.07) is 1.06. The molecule has 1 aliphatic heterocycles. The zero-order valence-corrected chi connectivity index (χ0v) is 12.6. The third-order valence-corrected chi connectivity index (χ3v) is 4.50. The predicted molar refractivity (Wildman–Crippen MR) is 76.8 cm³/mol. The first-order valence-corrected chi connectivity index (χ1v) is 7.28. The topological polar surface area (TPSA) is 61.6 Å². The fraction of sp³-hybridized carbons (Fsp3) is 0.929. The Labute approximate surface area is 116 Å². The summed E-state index contributed by atoms with van der Waals surface area (Å²) in [5.74, 6) is 0.397. The van der Waals surface area contributed by atoms with Gasteiger partial charge in [-0.15, -0.1) is 0 Å². The first-order valence-electron chi connectivity index (χ1n) is 7.28. The van der Waals surface area contributed by atoms with Crippen molar-refractivity contribution in [1.82, 2.24) is 15.1 Å². The zero-order chi connectivity index (χ0) is 14.2. The molecular weight excluding hydrogens is 240 g/mol. The number of rotatable bonds is 6. The van der Waals surface area contributed by atoms with Gasteiger partial charge in [-0.1, -0.05) is 6.92 Å². The molecule has 1 heterocycles. The van der Waals surface area contributed by atoms with Crippen LogP contribution in [0, 0.1) is 5.92 Å². The van der Waals surface area contributed by atoms with Gasteiger partial charge in [0.05, 0.1) is 0 Å². The molecule has 2 rings (SSSR count). The second-order valence-corrected chi connectivity index (χ2v) is 6.82. The molecule has 1 aliphatic carbocycles. The van der Waals surface area contributed by atoms with Crippen molar-refractivity contribution in [2.75, 3.05) is 33.7 Å². The summed E-state index contributed by atoms with van der Waals surface area (Å²) in [5, 5.41) is 3.42. The summed E-state index contributed by atoms with van der Waals surface area (Å²) in [6.07, 6.45) is 2.33. The lowest BCUT2D eigenvalue weighted by Crippen LogP contribution is -2.60. The molecule has 0 aromatic carbocycles. The lowest BCUT2D eigenvalue weighted by molar-refractivity contribution is -0.124. The maximum atomic E-state index is 11.8. The number of primary amides is 1. The molecule has 5 heteroatoms. The van der Waals surface area contributed by atoms with Crippen LogP contribution in [0.1, 0.15) is 26.7 Å². The number of likely N-dealkylation sites (N-methyl/N-ethyl adjacent to an activating group) is 1. The Bertz CT molecular complexity index is 342. The van der Waals surface area contributed by atoms with Gasteiger partial charge in [0.15, 0.2) is 0 Å². The van der Waals surface area contributed by atoms with Crippen LogP contribution in [0.25, 0.3) is 0 Å². The average Bonchev–Trinajstić information content (AvgIpc) is 3.00. The van der Waals surface area contributed by atoms with Crippen LogP contribution in [0.2, 0.25) is 0 Å². The van der Waals surface area contributed by atoms with Gasteiger partial charge in [-0.2, -0.15) is 0 Å². The number of amides is 1. The molecule has 110 valence electrons. The Balaban J connectivity index is 1.96. The lowest BCUT2D eigenvalue weighted by atomic mass is 10.0. The highest BCUT2D eigenvalue weighted by Gasteiger charge is 2.41. The highest BCUT2D eigenvalue weighted by molar-refractivity contribution is 5.84. The maximum Gasteiger partial charge on any atom is 0.238 e. The van der Waals surface area contributed by atoms with Gasteiger partial charge in [0.25, 0.3) is 0 Å². The van der Waals surface area contributed by atoms with Gasteiger partial charge in [0.1, 0.15) is 5.54 Å². The van der Waals surface area contributed by atoms with E-state index in [4.69, 9.17) is 5.73 Å². The second kappa shape index (κ2) is 5.38. The predicted octanol–water partition coefficient (Wildman–Crippen LogP) is -0.136. The van der Waals surface area contributed by atoms with E-state index >= 15 is 0 Å². The molecule has 0 bridgehead atoms. The largest absolute Gasteiger partial charge is 0.368 e. The van der Waals surface area contributed by atoms with Crippen molar-refractivity contribution in [3.8, 4) is 0 Å². The molecular formula is C14H28N4O. The van der Waals surface area contributed by atoms with Gasteiger partial charge in [-0.25, -0.2) is 0 Å². The summed E-state index contributed by atoms with van der Waals surface area (Å²) in [4.78, 5) is 16.4. The second-order valence-electron chi connectivity index (χ2n) is 6.82. The van der Waals surface area contributed by atoms with Crippen LogP contribution in [0.15, 0.2) is 0 Å². The minimum atomic E-state index is -0.595. The van der Waals surface area contributed by atoms with Gasteiger partial charge in [0, 0.05) is 31.7 Å². The number of nitrogens with one attached hydrogen (secondary N) is 1. The van der Waals surface area contributed by atoms with Crippen molar-refractivity contribution >= 4 is 5.91 Å². The molecule has 2 fully saturated rings. The molecule has 3 N–H and O–H groups in total. The van der Waals surface area contributed by atoms with E-state index in [-0.39, 0.29) is 5.91 Å². The molecule has 1 saturated carbocycles. The van der Waals surface area contributed by atoms with E-state index in [1.165, 1.54) is 12.8 Å². The molecule has 3 unspecified atom stereocenters. The molecule has 0 spiro atoms. The standard InChI is InChI=1S/C14H28N4O/c1-10-7-18(8-12(10)17(3)4)9-14(2,13(15)19)16-11-5-6-11/h10-12,16H,5-9H2,1-4H3,(H2,15,19). The summed E-state index contributed by atoms with van der Waals surface area (Å²) in [6.45, 7) is 7.00. The van der Waals surface area contributed by atoms with Crippen molar-refractivity contribution in [3.05, 3.63) is 0 Å². The molecule has 19 heavy (non-hydrogen) atoms. The molecule has 1 saturated heterocycles. The van der Waals surface area contributed by atoms with Crippen LogP contribution in [-0.2, 0) is 4.79 Å². The van der Waals surface area contributed by atoms with Gasteiger partial charge >= 0.3 is 0 Å². The number of carbonyl (C=O) groups excluding carboxylic acids is 1. The van der Waals surface area contributed by atoms with Gasteiger partial charge in [-0.3, -0.25) is 15.0 Å². The number of hydrogen-bond acceptors (Lipinski definition) is 4. The fourth-order valence-corrected chi connectivity index (χ4v) is 3.17. The summed E-state index contributed by atoms with van der Waals surface area (Å²) < 4.78 is 0. The summed E-state index contributed by atoms with van der Waals surface area (Å²) in [5.41, 5.74) is 5.02. The van der Waals surface area contributed by atoms with Crippen LogP contribution in [-0.4, -0.2) is 67.1 Å². The van der Waals surface area contributed by atoms with Crippen LogP contribution in [0.5, 0.6) is 0 Å². The third-order valence-electron chi connectivity index (χ3n) is 4.50. The third kappa shape index (κ3) is 3.46. The van der Waals surface area contributed by atoms with Gasteiger partial charge < -0.3 is 10.6 Å². The first-order chi connectivity index (χ1) is 8.82. The zero-order valence-electron chi connectivity index (χ0n) is 12.6. The van der Waals surface area contributed by atoms with Gasteiger partial charge in [0.2, 0.25) is 5.91 Å². The van der Waals surface area contributed by atoms with E-state index in [0.717, 1.165) is 13.1 Å². The van der Waals surface area contributed by atoms with Crippen LogP contribution in [0.4, 0.5) is 0 Å². The number of carbonyl (C=O) groups is 1. The van der Waals surface area contributed by atoms with E-state index in [1.54, 1.807) is 0 Å². The summed E-state index contributed by atoms with van der Waals surface area (Å²) >= 11 is 0. The Morgan fingerprint density at radius 3 is 2.47 bits per heavy atom. The molecule has 5 nitrogen and oxygen atoms in total. The Hall–Kier alpha value is -0.650. The molecule has 0 aromatic rings. The smallest absolute Gasteiger partial charge is 0.238 e. The monoisotopic (exact) mass is 268 g/mol. The molecule has 0 radical (unpaired) electrons. The van der Waals surface area contributed by atoms with E-state index < -0.39 is 5.54 Å². The van der Waals surface area contributed by atoms with Crippen LogP contribution < -0.4 is 11.1 Å². The van der Waals surface area contributed by atoms with Crippen molar-refractivity contribution in [3.63, 3.8) is 0 Å². The number of likely N-dealkylation sites (tertiary alicyclic amines) is 1. The Morgan fingerprint density at radius 2 is 2.05 bits per heavy atom. The van der Waals surface area contributed by atoms with Crippen LogP contribution in [0.3, 0.4) is 0 Å². The highest BCUT2D eigenvalue weighted by atomic mass is 16.1. The summed E-state index contributed by atoms with van der Waals surface area (Å²) in [7, 11) is 4.25. The molecule has 2 aliphatic rings.